The van der Waals surface area contributed by atoms with E-state index < -0.39 is 11.6 Å². The first-order valence-corrected chi connectivity index (χ1v) is 10.9. The second-order valence-corrected chi connectivity index (χ2v) is 8.31. The first-order valence-electron chi connectivity index (χ1n) is 10.1. The number of carbonyl (C=O) groups is 1. The van der Waals surface area contributed by atoms with Gasteiger partial charge in [0.15, 0.2) is 5.65 Å². The van der Waals surface area contributed by atoms with Crippen molar-refractivity contribution in [3.63, 3.8) is 0 Å². The summed E-state index contributed by atoms with van der Waals surface area (Å²) in [6, 6.07) is 15.7. The van der Waals surface area contributed by atoms with E-state index in [0.29, 0.717) is 32.7 Å². The monoisotopic (exact) mass is 494 g/mol. The van der Waals surface area contributed by atoms with E-state index in [-0.39, 0.29) is 18.1 Å². The van der Waals surface area contributed by atoms with Crippen LogP contribution in [0.1, 0.15) is 5.56 Å². The van der Waals surface area contributed by atoms with Crippen LogP contribution in [-0.2, 0) is 11.3 Å². The molecule has 3 aromatic heterocycles. The second-order valence-electron chi connectivity index (χ2n) is 7.47. The molecule has 0 saturated carbocycles. The molecular weight excluding hydrogens is 479 g/mol. The van der Waals surface area contributed by atoms with Gasteiger partial charge >= 0.3 is 5.69 Å². The number of fused-ring (bicyclic) bond motifs is 1. The van der Waals surface area contributed by atoms with Gasteiger partial charge in [0.1, 0.15) is 6.54 Å². The van der Waals surface area contributed by atoms with Gasteiger partial charge in [-0.15, -0.1) is 5.10 Å². The van der Waals surface area contributed by atoms with Gasteiger partial charge in [0.25, 0.3) is 5.89 Å². The Hall–Kier alpha value is -3.95. The molecule has 34 heavy (non-hydrogen) atoms. The molecule has 0 saturated heterocycles. The molecule has 11 heteroatoms. The third kappa shape index (κ3) is 4.07. The molecule has 0 fully saturated rings. The van der Waals surface area contributed by atoms with Gasteiger partial charge in [0, 0.05) is 16.8 Å². The molecule has 0 unspecified atom stereocenters. The van der Waals surface area contributed by atoms with Crippen LogP contribution in [0.5, 0.6) is 0 Å². The van der Waals surface area contributed by atoms with Crippen molar-refractivity contribution in [1.82, 2.24) is 24.3 Å². The Morgan fingerprint density at radius 2 is 1.94 bits per heavy atom. The van der Waals surface area contributed by atoms with Crippen LogP contribution >= 0.6 is 23.2 Å². The number of rotatable bonds is 5. The second kappa shape index (κ2) is 8.77. The third-order valence-corrected chi connectivity index (χ3v) is 5.68. The number of hydrogen-bond donors (Lipinski definition) is 1. The molecule has 3 heterocycles. The smallest absolute Gasteiger partial charge is 0.333 e. The van der Waals surface area contributed by atoms with Crippen molar-refractivity contribution in [2.24, 2.45) is 0 Å². The van der Waals surface area contributed by atoms with Crippen molar-refractivity contribution in [3.05, 3.63) is 86.9 Å². The fourth-order valence-corrected chi connectivity index (χ4v) is 3.95. The summed E-state index contributed by atoms with van der Waals surface area (Å²) >= 11 is 12.2. The molecule has 5 rings (SSSR count). The molecule has 0 spiro atoms. The van der Waals surface area contributed by atoms with Crippen molar-refractivity contribution >= 4 is 40.4 Å². The molecule has 1 N–H and O–H groups in total. The van der Waals surface area contributed by atoms with Crippen LogP contribution in [-0.4, -0.2) is 30.2 Å². The maximum Gasteiger partial charge on any atom is 0.350 e. The molecule has 0 aliphatic rings. The lowest BCUT2D eigenvalue weighted by Gasteiger charge is -2.09. The Labute approximate surface area is 202 Å². The van der Waals surface area contributed by atoms with Crippen molar-refractivity contribution in [2.75, 3.05) is 5.32 Å². The fourth-order valence-electron chi connectivity index (χ4n) is 3.49. The summed E-state index contributed by atoms with van der Waals surface area (Å²) in [4.78, 5) is 29.9. The average molecular weight is 495 g/mol. The number of anilines is 1. The first-order chi connectivity index (χ1) is 16.4. The zero-order valence-corrected chi connectivity index (χ0v) is 19.2. The molecule has 5 aromatic rings. The predicted octanol–water partition coefficient (Wildman–Crippen LogP) is 4.47. The number of halogens is 2. The zero-order valence-electron chi connectivity index (χ0n) is 17.7. The fraction of sp³-hybridized carbons (Fsp3) is 0.0870. The molecule has 0 aliphatic carbocycles. The van der Waals surface area contributed by atoms with Crippen LogP contribution in [0.2, 0.25) is 10.0 Å². The summed E-state index contributed by atoms with van der Waals surface area (Å²) < 4.78 is 7.80. The molecular formula is C23H16Cl2N6O3. The van der Waals surface area contributed by atoms with E-state index in [4.69, 9.17) is 27.7 Å². The molecule has 9 nitrogen and oxygen atoms in total. The minimum absolute atomic E-state index is 0.175. The standard InChI is InChI=1S/C23H16Cl2N6O3/c1-13-5-2-9-17(25)19(13)26-18(32)12-31-23(33)30-10-4-8-16(21(30)28-31)22-27-20(29-34-22)14-6-3-7-15(24)11-14/h2-11H,12H2,1H3,(H,26,32). The Morgan fingerprint density at radius 1 is 1.12 bits per heavy atom. The van der Waals surface area contributed by atoms with Crippen LogP contribution in [0.25, 0.3) is 28.5 Å². The number of benzene rings is 2. The highest BCUT2D eigenvalue weighted by Gasteiger charge is 2.19. The van der Waals surface area contributed by atoms with Crippen molar-refractivity contribution < 1.29 is 9.32 Å². The maximum absolute atomic E-state index is 12.9. The molecule has 2 aromatic carbocycles. The van der Waals surface area contributed by atoms with Crippen LogP contribution in [0, 0.1) is 6.92 Å². The lowest BCUT2D eigenvalue weighted by Crippen LogP contribution is -2.28. The highest BCUT2D eigenvalue weighted by Crippen LogP contribution is 2.27. The van der Waals surface area contributed by atoms with E-state index in [1.54, 1.807) is 54.7 Å². The summed E-state index contributed by atoms with van der Waals surface area (Å²) in [5.41, 5.74) is 2.21. The van der Waals surface area contributed by atoms with Crippen LogP contribution in [0.3, 0.4) is 0 Å². The largest absolute Gasteiger partial charge is 0.350 e. The van der Waals surface area contributed by atoms with E-state index in [1.807, 2.05) is 13.0 Å². The molecule has 0 bridgehead atoms. The number of pyridine rings is 1. The number of amides is 1. The Balaban J connectivity index is 1.47. The third-order valence-electron chi connectivity index (χ3n) is 5.13. The Kier molecular flexibility index (Phi) is 5.64. The minimum atomic E-state index is -0.488. The SMILES string of the molecule is Cc1cccc(Cl)c1NC(=O)Cn1nc2c(-c3nc(-c4cccc(Cl)c4)no3)cccn2c1=O. The number of nitrogens with one attached hydrogen (secondary N) is 1. The van der Waals surface area contributed by atoms with Gasteiger partial charge in [-0.25, -0.2) is 13.9 Å². The summed E-state index contributed by atoms with van der Waals surface area (Å²) in [7, 11) is 0. The number of carbonyl (C=O) groups excluding carboxylic acids is 1. The van der Waals surface area contributed by atoms with Gasteiger partial charge in [-0.05, 0) is 42.8 Å². The first kappa shape index (κ1) is 21.9. The Bertz CT molecular complexity index is 1580. The van der Waals surface area contributed by atoms with Gasteiger partial charge in [-0.2, -0.15) is 4.98 Å². The summed E-state index contributed by atoms with van der Waals surface area (Å²) in [5.74, 6) is 0.0777. The number of aromatic nitrogens is 5. The number of aryl methyl sites for hydroxylation is 1. The van der Waals surface area contributed by atoms with Crippen LogP contribution in [0.4, 0.5) is 5.69 Å². The van der Waals surface area contributed by atoms with E-state index in [2.05, 4.69) is 20.6 Å². The number of para-hydroxylation sites is 1. The van der Waals surface area contributed by atoms with Crippen molar-refractivity contribution in [2.45, 2.75) is 13.5 Å². The lowest BCUT2D eigenvalue weighted by atomic mass is 10.2. The van der Waals surface area contributed by atoms with Crippen molar-refractivity contribution in [3.8, 4) is 22.8 Å². The topological polar surface area (TPSA) is 107 Å². The van der Waals surface area contributed by atoms with Gasteiger partial charge in [0.2, 0.25) is 11.7 Å². The highest BCUT2D eigenvalue weighted by molar-refractivity contribution is 6.34. The predicted molar refractivity (Wildman–Crippen MR) is 128 cm³/mol. The molecule has 0 radical (unpaired) electrons. The molecule has 170 valence electrons. The van der Waals surface area contributed by atoms with Gasteiger partial charge in [-0.3, -0.25) is 4.79 Å². The molecule has 0 atom stereocenters. The van der Waals surface area contributed by atoms with Crippen LogP contribution < -0.4 is 11.0 Å². The maximum atomic E-state index is 12.9. The summed E-state index contributed by atoms with van der Waals surface area (Å²) in [6.45, 7) is 1.52. The van der Waals surface area contributed by atoms with Gasteiger partial charge < -0.3 is 9.84 Å². The zero-order chi connectivity index (χ0) is 23.8. The normalized spacial score (nSPS) is 11.1. The van der Waals surface area contributed by atoms with E-state index >= 15 is 0 Å². The van der Waals surface area contributed by atoms with Gasteiger partial charge in [-0.1, -0.05) is 52.6 Å². The molecule has 0 aliphatic heterocycles. The highest BCUT2D eigenvalue weighted by atomic mass is 35.5. The van der Waals surface area contributed by atoms with Gasteiger partial charge in [0.05, 0.1) is 16.3 Å². The quantitative estimate of drug-likeness (QED) is 0.386. The number of hydrogen-bond acceptors (Lipinski definition) is 6. The van der Waals surface area contributed by atoms with Crippen molar-refractivity contribution in [1.29, 1.82) is 0 Å². The van der Waals surface area contributed by atoms with E-state index in [1.165, 1.54) is 4.40 Å². The van der Waals surface area contributed by atoms with E-state index in [0.717, 1.165) is 10.2 Å². The summed E-state index contributed by atoms with van der Waals surface area (Å²) in [6.07, 6.45) is 1.55. The number of nitrogens with zero attached hydrogens (tertiary/aromatic N) is 5. The van der Waals surface area contributed by atoms with E-state index in [9.17, 15) is 9.59 Å². The minimum Gasteiger partial charge on any atom is -0.333 e. The summed E-state index contributed by atoms with van der Waals surface area (Å²) in [5, 5.41) is 12.0. The molecule has 1 amide bonds. The lowest BCUT2D eigenvalue weighted by molar-refractivity contribution is -0.117. The van der Waals surface area contributed by atoms with Crippen LogP contribution in [0.15, 0.2) is 70.1 Å². The Morgan fingerprint density at radius 3 is 2.74 bits per heavy atom. The average Bonchev–Trinajstić information content (AvgIpc) is 3.42.